The standard InChI is InChI=1S/C22H29N3O2/c1-15-10-9-11-16(2)21(15)24-20(26)14-25(5)18(4)22(27)23-17(3)19-12-7-6-8-13-19/h6-13,17-18H,14H2,1-5H3,(H,23,27)(H,24,26)/t17-,18-/m1/s1. The van der Waals surface area contributed by atoms with Crippen LogP contribution in [0.25, 0.3) is 0 Å². The van der Waals surface area contributed by atoms with Crippen LogP contribution in [0.5, 0.6) is 0 Å². The second-order valence-corrected chi connectivity index (χ2v) is 7.05. The maximum atomic E-state index is 12.5. The summed E-state index contributed by atoms with van der Waals surface area (Å²) in [5, 5.41) is 5.96. The number of para-hydroxylation sites is 1. The highest BCUT2D eigenvalue weighted by Crippen LogP contribution is 2.19. The number of anilines is 1. The fourth-order valence-electron chi connectivity index (χ4n) is 2.91. The molecule has 144 valence electrons. The van der Waals surface area contributed by atoms with E-state index in [1.165, 1.54) is 0 Å². The number of hydrogen-bond donors (Lipinski definition) is 2. The lowest BCUT2D eigenvalue weighted by molar-refractivity contribution is -0.127. The van der Waals surface area contributed by atoms with E-state index >= 15 is 0 Å². The van der Waals surface area contributed by atoms with Gasteiger partial charge in [0.05, 0.1) is 18.6 Å². The van der Waals surface area contributed by atoms with E-state index in [1.807, 2.05) is 69.3 Å². The molecule has 2 aromatic carbocycles. The maximum Gasteiger partial charge on any atom is 0.238 e. The largest absolute Gasteiger partial charge is 0.348 e. The number of hydrogen-bond acceptors (Lipinski definition) is 3. The van der Waals surface area contributed by atoms with Crippen LogP contribution in [-0.2, 0) is 9.59 Å². The Bertz CT molecular complexity index is 769. The van der Waals surface area contributed by atoms with E-state index in [-0.39, 0.29) is 24.4 Å². The molecule has 0 fully saturated rings. The number of nitrogens with one attached hydrogen (secondary N) is 2. The summed E-state index contributed by atoms with van der Waals surface area (Å²) in [6, 6.07) is 15.2. The van der Waals surface area contributed by atoms with Crippen LogP contribution >= 0.6 is 0 Å². The molecule has 2 rings (SSSR count). The molecule has 0 heterocycles. The summed E-state index contributed by atoms with van der Waals surface area (Å²) in [5.74, 6) is -0.237. The van der Waals surface area contributed by atoms with E-state index in [9.17, 15) is 9.59 Å². The summed E-state index contributed by atoms with van der Waals surface area (Å²) < 4.78 is 0. The lowest BCUT2D eigenvalue weighted by atomic mass is 10.1. The predicted molar refractivity (Wildman–Crippen MR) is 110 cm³/mol. The van der Waals surface area contributed by atoms with Crippen LogP contribution in [-0.4, -0.2) is 36.3 Å². The van der Waals surface area contributed by atoms with Crippen LogP contribution in [0.2, 0.25) is 0 Å². The number of amides is 2. The molecule has 2 N–H and O–H groups in total. The van der Waals surface area contributed by atoms with Crippen LogP contribution in [0, 0.1) is 13.8 Å². The van der Waals surface area contributed by atoms with Gasteiger partial charge in [0.1, 0.15) is 0 Å². The van der Waals surface area contributed by atoms with Crippen LogP contribution < -0.4 is 10.6 Å². The molecular weight excluding hydrogens is 338 g/mol. The number of benzene rings is 2. The fraction of sp³-hybridized carbons (Fsp3) is 0.364. The molecule has 0 aliphatic heterocycles. The van der Waals surface area contributed by atoms with Crippen LogP contribution in [0.3, 0.4) is 0 Å². The third-order valence-corrected chi connectivity index (χ3v) is 4.84. The molecular formula is C22H29N3O2. The summed E-state index contributed by atoms with van der Waals surface area (Å²) in [5.41, 5.74) is 3.93. The van der Waals surface area contributed by atoms with Crippen molar-refractivity contribution in [1.29, 1.82) is 0 Å². The molecule has 27 heavy (non-hydrogen) atoms. The van der Waals surface area contributed by atoms with Crippen LogP contribution in [0.15, 0.2) is 48.5 Å². The van der Waals surface area contributed by atoms with Crippen molar-refractivity contribution in [3.05, 3.63) is 65.2 Å². The third-order valence-electron chi connectivity index (χ3n) is 4.84. The molecule has 5 nitrogen and oxygen atoms in total. The molecule has 0 aromatic heterocycles. The lowest BCUT2D eigenvalue weighted by Crippen LogP contribution is -2.46. The van der Waals surface area contributed by atoms with Gasteiger partial charge in [0.15, 0.2) is 0 Å². The second kappa shape index (κ2) is 9.33. The predicted octanol–water partition coefficient (Wildman–Crippen LogP) is 3.44. The van der Waals surface area contributed by atoms with Crippen molar-refractivity contribution in [3.63, 3.8) is 0 Å². The van der Waals surface area contributed by atoms with Gasteiger partial charge in [-0.15, -0.1) is 0 Å². The van der Waals surface area contributed by atoms with Crippen molar-refractivity contribution in [3.8, 4) is 0 Å². The van der Waals surface area contributed by atoms with Crippen LogP contribution in [0.4, 0.5) is 5.69 Å². The quantitative estimate of drug-likeness (QED) is 0.788. The number of nitrogens with zero attached hydrogens (tertiary/aromatic N) is 1. The lowest BCUT2D eigenvalue weighted by Gasteiger charge is -2.25. The molecule has 0 spiro atoms. The molecule has 5 heteroatoms. The van der Waals surface area contributed by atoms with Gasteiger partial charge in [-0.05, 0) is 51.4 Å². The van der Waals surface area contributed by atoms with Crippen molar-refractivity contribution in [2.75, 3.05) is 18.9 Å². The van der Waals surface area contributed by atoms with Gasteiger partial charge in [-0.2, -0.15) is 0 Å². The molecule has 2 atom stereocenters. The van der Waals surface area contributed by atoms with Gasteiger partial charge in [-0.1, -0.05) is 48.5 Å². The number of carbonyl (C=O) groups is 2. The van der Waals surface area contributed by atoms with E-state index in [4.69, 9.17) is 0 Å². The number of likely N-dealkylation sites (N-methyl/N-ethyl adjacent to an activating group) is 1. The zero-order valence-corrected chi connectivity index (χ0v) is 16.7. The normalized spacial score (nSPS) is 13.1. The van der Waals surface area contributed by atoms with Gasteiger partial charge in [0, 0.05) is 5.69 Å². The highest BCUT2D eigenvalue weighted by molar-refractivity contribution is 5.94. The first-order chi connectivity index (χ1) is 12.8. The summed E-state index contributed by atoms with van der Waals surface area (Å²) >= 11 is 0. The van der Waals surface area contributed by atoms with E-state index in [2.05, 4.69) is 10.6 Å². The summed E-state index contributed by atoms with van der Waals surface area (Å²) in [6.45, 7) is 7.83. The zero-order chi connectivity index (χ0) is 20.0. The Morgan fingerprint density at radius 3 is 2.15 bits per heavy atom. The highest BCUT2D eigenvalue weighted by atomic mass is 16.2. The zero-order valence-electron chi connectivity index (χ0n) is 16.7. The number of aryl methyl sites for hydroxylation is 2. The third kappa shape index (κ3) is 5.66. The maximum absolute atomic E-state index is 12.5. The molecule has 0 saturated carbocycles. The second-order valence-electron chi connectivity index (χ2n) is 7.05. The molecule has 0 bridgehead atoms. The monoisotopic (exact) mass is 367 g/mol. The smallest absolute Gasteiger partial charge is 0.238 e. The highest BCUT2D eigenvalue weighted by Gasteiger charge is 2.22. The minimum atomic E-state index is -0.417. The first-order valence-electron chi connectivity index (χ1n) is 9.21. The van der Waals surface area contributed by atoms with Gasteiger partial charge in [-0.3, -0.25) is 14.5 Å². The van der Waals surface area contributed by atoms with Gasteiger partial charge >= 0.3 is 0 Å². The van der Waals surface area contributed by atoms with Crippen molar-refractivity contribution in [2.45, 2.75) is 39.8 Å². The molecule has 0 aliphatic carbocycles. The van der Waals surface area contributed by atoms with Crippen molar-refractivity contribution in [2.24, 2.45) is 0 Å². The Labute approximate surface area is 161 Å². The first-order valence-corrected chi connectivity index (χ1v) is 9.21. The number of carbonyl (C=O) groups excluding carboxylic acids is 2. The molecule has 0 radical (unpaired) electrons. The summed E-state index contributed by atoms with van der Waals surface area (Å²) in [7, 11) is 1.78. The average Bonchev–Trinajstić information content (AvgIpc) is 2.64. The van der Waals surface area contributed by atoms with Crippen molar-refractivity contribution < 1.29 is 9.59 Å². The molecule has 2 amide bonds. The SMILES string of the molecule is Cc1cccc(C)c1NC(=O)CN(C)[C@H](C)C(=O)N[C@H](C)c1ccccc1. The molecule has 0 saturated heterocycles. The Hall–Kier alpha value is -2.66. The minimum absolute atomic E-state index is 0.0852. The first kappa shape index (κ1) is 20.6. The van der Waals surface area contributed by atoms with Gasteiger partial charge in [0.25, 0.3) is 0 Å². The van der Waals surface area contributed by atoms with E-state index in [0.717, 1.165) is 22.4 Å². The molecule has 2 aromatic rings. The van der Waals surface area contributed by atoms with E-state index in [1.54, 1.807) is 18.9 Å². The Balaban J connectivity index is 1.91. The van der Waals surface area contributed by atoms with Crippen molar-refractivity contribution in [1.82, 2.24) is 10.2 Å². The summed E-state index contributed by atoms with van der Waals surface area (Å²) in [6.07, 6.45) is 0. The Morgan fingerprint density at radius 2 is 1.56 bits per heavy atom. The minimum Gasteiger partial charge on any atom is -0.348 e. The summed E-state index contributed by atoms with van der Waals surface area (Å²) in [4.78, 5) is 26.7. The topological polar surface area (TPSA) is 61.4 Å². The van der Waals surface area contributed by atoms with Gasteiger partial charge < -0.3 is 10.6 Å². The molecule has 0 unspecified atom stereocenters. The number of rotatable bonds is 7. The average molecular weight is 367 g/mol. The van der Waals surface area contributed by atoms with Crippen LogP contribution in [0.1, 0.15) is 36.6 Å². The van der Waals surface area contributed by atoms with Gasteiger partial charge in [0.2, 0.25) is 11.8 Å². The van der Waals surface area contributed by atoms with Crippen molar-refractivity contribution >= 4 is 17.5 Å². The Kier molecular flexibility index (Phi) is 7.13. The molecule has 0 aliphatic rings. The Morgan fingerprint density at radius 1 is 0.963 bits per heavy atom. The fourth-order valence-corrected chi connectivity index (χ4v) is 2.91. The van der Waals surface area contributed by atoms with E-state index < -0.39 is 6.04 Å². The van der Waals surface area contributed by atoms with Gasteiger partial charge in [-0.25, -0.2) is 0 Å². The van der Waals surface area contributed by atoms with E-state index in [0.29, 0.717) is 0 Å².